The average molecular weight is 235 g/mol. The van der Waals surface area contributed by atoms with Gasteiger partial charge in [-0.1, -0.05) is 47.6 Å². The summed E-state index contributed by atoms with van der Waals surface area (Å²) in [6.45, 7) is 0. The quantitative estimate of drug-likeness (QED) is 0.690. The Balaban J connectivity index is 0.000000720. The van der Waals surface area contributed by atoms with E-state index in [1.807, 2.05) is 0 Å². The Morgan fingerprint density at radius 1 is 0.917 bits per heavy atom. The molecule has 0 spiro atoms. The predicted octanol–water partition coefficient (Wildman–Crippen LogP) is 3.15. The molecule has 0 N–H and O–H groups in total. The first-order valence-corrected chi connectivity index (χ1v) is 4.14. The van der Waals surface area contributed by atoms with Crippen LogP contribution in [-0.4, -0.2) is 0 Å². The molecule has 2 aliphatic rings. The van der Waals surface area contributed by atoms with Crippen molar-refractivity contribution in [3.63, 3.8) is 0 Å². The van der Waals surface area contributed by atoms with Crippen LogP contribution in [0.5, 0.6) is 0 Å². The van der Waals surface area contributed by atoms with Crippen LogP contribution in [0.2, 0.25) is 0 Å². The first kappa shape index (κ1) is 9.93. The van der Waals surface area contributed by atoms with E-state index in [-0.39, 0.29) is 26.2 Å². The van der Waals surface area contributed by atoms with E-state index >= 15 is 0 Å². The predicted molar refractivity (Wildman–Crippen MR) is 48.3 cm³/mol. The molecule has 0 amide bonds. The van der Waals surface area contributed by atoms with Crippen LogP contribution in [0.1, 0.15) is 19.3 Å². The van der Waals surface area contributed by atoms with E-state index in [0.717, 1.165) is 12.8 Å². The molecular weight excluding hydrogens is 223 g/mol. The Kier molecular flexibility index (Phi) is 3.94. The van der Waals surface area contributed by atoms with Crippen LogP contribution in [0, 0.1) is 0 Å². The molecule has 0 aromatic carbocycles. The van der Waals surface area contributed by atoms with Gasteiger partial charge in [0, 0.05) is 26.2 Å². The van der Waals surface area contributed by atoms with E-state index in [4.69, 9.17) is 0 Å². The molecule has 0 saturated carbocycles. The molecule has 60 valence electrons. The van der Waals surface area contributed by atoms with Crippen molar-refractivity contribution < 1.29 is 26.2 Å². The van der Waals surface area contributed by atoms with Crippen molar-refractivity contribution in [1.29, 1.82) is 0 Å². The summed E-state index contributed by atoms with van der Waals surface area (Å²) in [5, 5.41) is 0. The molecule has 0 unspecified atom stereocenters. The van der Waals surface area contributed by atoms with Crippen molar-refractivity contribution in [3.05, 3.63) is 47.6 Å². The summed E-state index contributed by atoms with van der Waals surface area (Å²) in [6.07, 6.45) is 16.7. The smallest absolute Gasteiger partial charge is 0 e. The van der Waals surface area contributed by atoms with Gasteiger partial charge in [0.15, 0.2) is 0 Å². The van der Waals surface area contributed by atoms with E-state index in [9.17, 15) is 0 Å². The molecule has 0 nitrogen and oxygen atoms in total. The summed E-state index contributed by atoms with van der Waals surface area (Å²) >= 11 is 0. The Bertz CT molecular complexity index is 239. The monoisotopic (exact) mass is 234 g/mol. The van der Waals surface area contributed by atoms with Crippen LogP contribution >= 0.6 is 0 Å². The van der Waals surface area contributed by atoms with Gasteiger partial charge >= 0.3 is 0 Å². The topological polar surface area (TPSA) is 0 Å². The molecule has 0 atom stereocenters. The van der Waals surface area contributed by atoms with Crippen molar-refractivity contribution in [2.45, 2.75) is 19.3 Å². The fourth-order valence-electron chi connectivity index (χ4n) is 1.54. The van der Waals surface area contributed by atoms with Gasteiger partial charge in [-0.3, -0.25) is 0 Å². The zero-order valence-corrected chi connectivity index (χ0v) is 9.54. The second-order valence-electron chi connectivity index (χ2n) is 3.09. The van der Waals surface area contributed by atoms with Gasteiger partial charge in [0.05, 0.1) is 0 Å². The fourth-order valence-corrected chi connectivity index (χ4v) is 1.54. The van der Waals surface area contributed by atoms with Crippen LogP contribution in [0.3, 0.4) is 0 Å². The van der Waals surface area contributed by atoms with Crippen LogP contribution in [0.25, 0.3) is 0 Å². The second-order valence-corrected chi connectivity index (χ2v) is 3.09. The zero-order chi connectivity index (χ0) is 7.52. The first-order chi connectivity index (χ1) is 5.45. The van der Waals surface area contributed by atoms with Crippen molar-refractivity contribution in [2.24, 2.45) is 0 Å². The van der Waals surface area contributed by atoms with E-state index in [2.05, 4.69) is 36.5 Å². The van der Waals surface area contributed by atoms with Crippen LogP contribution < -0.4 is 0 Å². The van der Waals surface area contributed by atoms with Crippen molar-refractivity contribution in [2.75, 3.05) is 0 Å². The van der Waals surface area contributed by atoms with E-state index in [0.29, 0.717) is 0 Å². The van der Waals surface area contributed by atoms with Crippen molar-refractivity contribution in [1.82, 2.24) is 0 Å². The Labute approximate surface area is 92.9 Å². The summed E-state index contributed by atoms with van der Waals surface area (Å²) in [7, 11) is 0. The molecule has 0 saturated heterocycles. The van der Waals surface area contributed by atoms with Gasteiger partial charge in [0.2, 0.25) is 0 Å². The molecule has 1 heteroatoms. The summed E-state index contributed by atoms with van der Waals surface area (Å²) < 4.78 is 0. The minimum Gasteiger partial charge on any atom is -0.0804 e. The zero-order valence-electron chi connectivity index (χ0n) is 7.09. The van der Waals surface area contributed by atoms with Gasteiger partial charge in [-0.15, -0.1) is 0 Å². The van der Waals surface area contributed by atoms with E-state index in [1.165, 1.54) is 6.42 Å². The number of hydrogen-bond donors (Lipinski definition) is 0. The molecule has 0 fully saturated rings. The Morgan fingerprint density at radius 2 is 1.42 bits per heavy atom. The summed E-state index contributed by atoms with van der Waals surface area (Å²) in [5.74, 6) is 0. The molecule has 0 bridgehead atoms. The molecule has 2 aliphatic carbocycles. The largest absolute Gasteiger partial charge is 0.0804 e. The van der Waals surface area contributed by atoms with Crippen LogP contribution in [-0.2, 0) is 26.2 Å². The molecule has 0 radical (unpaired) electrons. The van der Waals surface area contributed by atoms with E-state index < -0.39 is 0 Å². The molecule has 2 rings (SSSR count). The number of rotatable bonds is 2. The summed E-state index contributed by atoms with van der Waals surface area (Å²) in [4.78, 5) is 0. The average Bonchev–Trinajstić information content (AvgIpc) is 2.60. The Hall–Kier alpha value is -0.157. The van der Waals surface area contributed by atoms with Gasteiger partial charge in [-0.05, 0) is 19.3 Å². The van der Waals surface area contributed by atoms with Gasteiger partial charge in [0.1, 0.15) is 0 Å². The van der Waals surface area contributed by atoms with Crippen LogP contribution in [0.4, 0.5) is 0 Å². The maximum atomic E-state index is 2.24. The van der Waals surface area contributed by atoms with Gasteiger partial charge in [0.25, 0.3) is 0 Å². The van der Waals surface area contributed by atoms with Crippen molar-refractivity contribution >= 4 is 0 Å². The number of hydrogen-bond acceptors (Lipinski definition) is 0. The summed E-state index contributed by atoms with van der Waals surface area (Å²) in [5.41, 5.74) is 3.11. The third kappa shape index (κ3) is 2.42. The molecule has 12 heavy (non-hydrogen) atoms. The standard InChI is InChI=1S/C11H12.Zr/c1-2-6-10(5-1)9-11-7-3-4-8-11;/h1-5,7H,6,8-9H2;. The second kappa shape index (κ2) is 4.77. The molecule has 0 aromatic heterocycles. The minimum absolute atomic E-state index is 0. The minimum atomic E-state index is 0. The molecule has 0 heterocycles. The first-order valence-electron chi connectivity index (χ1n) is 4.14. The summed E-state index contributed by atoms with van der Waals surface area (Å²) in [6, 6.07) is 0. The van der Waals surface area contributed by atoms with Gasteiger partial charge < -0.3 is 0 Å². The van der Waals surface area contributed by atoms with E-state index in [1.54, 1.807) is 11.1 Å². The third-order valence-electron chi connectivity index (χ3n) is 2.15. The third-order valence-corrected chi connectivity index (χ3v) is 2.15. The molecular formula is C11H12Zr. The van der Waals surface area contributed by atoms with Gasteiger partial charge in [-0.2, -0.15) is 0 Å². The Morgan fingerprint density at radius 3 is 1.75 bits per heavy atom. The molecule has 0 aromatic rings. The maximum absolute atomic E-state index is 2.24. The maximum Gasteiger partial charge on any atom is 0 e. The SMILES string of the molecule is C1=CCC(CC2=CC=CC2)=C1.[Zr]. The van der Waals surface area contributed by atoms with Gasteiger partial charge in [-0.25, -0.2) is 0 Å². The number of allylic oxidation sites excluding steroid dienone is 8. The van der Waals surface area contributed by atoms with Crippen molar-refractivity contribution in [3.8, 4) is 0 Å². The van der Waals surface area contributed by atoms with Crippen LogP contribution in [0.15, 0.2) is 47.6 Å². The fraction of sp³-hybridized carbons (Fsp3) is 0.273. The normalized spacial score (nSPS) is 19.0. The molecule has 0 aliphatic heterocycles.